The number of hydrogen-bond donors (Lipinski definition) is 2. The molecule has 0 fully saturated rings. The first-order chi connectivity index (χ1) is 26.7. The van der Waals surface area contributed by atoms with E-state index < -0.39 is 35.4 Å². The molecule has 0 spiro atoms. The Kier molecular flexibility index (Phi) is 13.8. The molecule has 0 saturated heterocycles. The van der Waals surface area contributed by atoms with Gasteiger partial charge in [-0.1, -0.05) is 86.3 Å². The second-order valence-corrected chi connectivity index (χ2v) is 13.3. The van der Waals surface area contributed by atoms with Crippen LogP contribution in [0.3, 0.4) is 0 Å². The van der Waals surface area contributed by atoms with Crippen molar-refractivity contribution < 1.29 is 50.5 Å². The predicted molar refractivity (Wildman–Crippen MR) is 202 cm³/mol. The normalized spacial score (nSPS) is 11.6. The maximum Gasteiger partial charge on any atom is 0.416 e. The molecule has 5 aromatic rings. The van der Waals surface area contributed by atoms with E-state index in [0.717, 1.165) is 62.8 Å². The maximum atomic E-state index is 13.9. The zero-order valence-corrected chi connectivity index (χ0v) is 30.6. The van der Waals surface area contributed by atoms with Gasteiger partial charge in [0.05, 0.1) is 18.2 Å². The Labute approximate surface area is 321 Å². The van der Waals surface area contributed by atoms with Crippen LogP contribution in [0.25, 0.3) is 22.3 Å². The lowest BCUT2D eigenvalue weighted by Crippen LogP contribution is -2.24. The molecule has 294 valence electrons. The number of hydrogen-bond acceptors (Lipinski definition) is 4. The second-order valence-electron chi connectivity index (χ2n) is 13.3. The number of benzene rings is 5. The van der Waals surface area contributed by atoms with Crippen molar-refractivity contribution in [3.05, 3.63) is 143 Å². The minimum absolute atomic E-state index is 0.00349. The first-order valence-electron chi connectivity index (χ1n) is 18.1. The average molecular weight is 778 g/mol. The third-order valence-corrected chi connectivity index (χ3v) is 9.25. The molecule has 0 bridgehead atoms. The number of methoxy groups -OCH3 is 1. The van der Waals surface area contributed by atoms with Crippen molar-refractivity contribution in [1.29, 1.82) is 0 Å². The van der Waals surface area contributed by atoms with E-state index in [2.05, 4.69) is 17.4 Å². The van der Waals surface area contributed by atoms with Gasteiger partial charge in [-0.05, 0) is 90.0 Å². The summed E-state index contributed by atoms with van der Waals surface area (Å²) in [4.78, 5) is 25.3. The summed E-state index contributed by atoms with van der Waals surface area (Å²) in [6.07, 6.45) is -2.72. The van der Waals surface area contributed by atoms with Crippen molar-refractivity contribution in [2.24, 2.45) is 0 Å². The van der Waals surface area contributed by atoms with E-state index in [-0.39, 0.29) is 51.5 Å². The maximum absolute atomic E-state index is 13.9. The number of ether oxygens (including phenoxy) is 2. The number of aryl methyl sites for hydroxylation is 1. The summed E-state index contributed by atoms with van der Waals surface area (Å²) in [5.41, 5.74) is -0.319. The average Bonchev–Trinajstić information content (AvgIpc) is 3.18. The largest absolute Gasteiger partial charge is 0.496 e. The molecule has 6 nitrogen and oxygen atoms in total. The third kappa shape index (κ3) is 11.1. The fraction of sp³-hybridized carbons (Fsp3) is 0.273. The summed E-state index contributed by atoms with van der Waals surface area (Å²) in [7, 11) is 1.28. The molecule has 0 aromatic heterocycles. The molecule has 5 rings (SSSR count). The van der Waals surface area contributed by atoms with Crippen LogP contribution < -0.4 is 14.8 Å². The highest BCUT2D eigenvalue weighted by molar-refractivity contribution is 5.99. The first-order valence-corrected chi connectivity index (χ1v) is 18.1. The van der Waals surface area contributed by atoms with E-state index in [0.29, 0.717) is 18.5 Å². The highest BCUT2D eigenvalue weighted by atomic mass is 19.4. The molecule has 5 aromatic carbocycles. The smallest absolute Gasteiger partial charge is 0.416 e. The first kappa shape index (κ1) is 41.4. The molecule has 12 heteroatoms. The van der Waals surface area contributed by atoms with Gasteiger partial charge in [0.25, 0.3) is 5.91 Å². The molecule has 0 heterocycles. The van der Waals surface area contributed by atoms with Crippen LogP contribution in [0.5, 0.6) is 11.5 Å². The number of unbranched alkanes of at least 4 members (excludes halogenated alkanes) is 5. The SMILES string of the molecule is COc1cc(COc2c(-c3cccc(C(F)(F)F)c3)cc(C(=O)NCCCCCCCCc3ccccc3)cc2-c2cccc(C(F)(F)F)c2)ccc1C(=O)O. The molecule has 2 N–H and O–H groups in total. The van der Waals surface area contributed by atoms with E-state index >= 15 is 0 Å². The van der Waals surface area contributed by atoms with Crippen LogP contribution in [0.15, 0.2) is 109 Å². The number of halogens is 6. The number of amides is 1. The number of carboxylic acid groups (broad SMARTS) is 1. The van der Waals surface area contributed by atoms with Crippen LogP contribution in [0.4, 0.5) is 26.3 Å². The van der Waals surface area contributed by atoms with Gasteiger partial charge in [-0.3, -0.25) is 4.79 Å². The Morgan fingerprint density at radius 2 is 1.21 bits per heavy atom. The van der Waals surface area contributed by atoms with Crippen LogP contribution in [-0.4, -0.2) is 30.6 Å². The van der Waals surface area contributed by atoms with Gasteiger partial charge in [-0.2, -0.15) is 26.3 Å². The highest BCUT2D eigenvalue weighted by Gasteiger charge is 2.32. The van der Waals surface area contributed by atoms with E-state index in [1.165, 1.54) is 67.3 Å². The number of nitrogens with one attached hydrogen (secondary N) is 1. The number of aromatic carboxylic acids is 1. The molecule has 0 saturated carbocycles. The monoisotopic (exact) mass is 777 g/mol. The molecule has 1 amide bonds. The molecule has 0 radical (unpaired) electrons. The Balaban J connectivity index is 1.45. The highest BCUT2D eigenvalue weighted by Crippen LogP contribution is 2.44. The zero-order valence-electron chi connectivity index (χ0n) is 30.6. The van der Waals surface area contributed by atoms with Crippen molar-refractivity contribution >= 4 is 11.9 Å². The van der Waals surface area contributed by atoms with Gasteiger partial charge in [-0.15, -0.1) is 0 Å². The van der Waals surface area contributed by atoms with Crippen LogP contribution in [0, 0.1) is 0 Å². The Morgan fingerprint density at radius 1 is 0.643 bits per heavy atom. The van der Waals surface area contributed by atoms with Gasteiger partial charge in [-0.25, -0.2) is 4.79 Å². The number of carboxylic acids is 1. The van der Waals surface area contributed by atoms with E-state index in [4.69, 9.17) is 9.47 Å². The topological polar surface area (TPSA) is 84.9 Å². The van der Waals surface area contributed by atoms with Gasteiger partial charge in [0, 0.05) is 23.2 Å². The van der Waals surface area contributed by atoms with Gasteiger partial charge in [0.15, 0.2) is 0 Å². The summed E-state index contributed by atoms with van der Waals surface area (Å²) in [6, 6.07) is 25.8. The summed E-state index contributed by atoms with van der Waals surface area (Å²) < 4.78 is 95.0. The fourth-order valence-electron chi connectivity index (χ4n) is 6.34. The fourth-order valence-corrected chi connectivity index (χ4v) is 6.34. The predicted octanol–water partition coefficient (Wildman–Crippen LogP) is 11.7. The minimum Gasteiger partial charge on any atom is -0.496 e. The summed E-state index contributed by atoms with van der Waals surface area (Å²) in [5.74, 6) is -1.87. The Bertz CT molecular complexity index is 2040. The second kappa shape index (κ2) is 18.7. The third-order valence-electron chi connectivity index (χ3n) is 9.25. The minimum atomic E-state index is -4.72. The number of rotatable bonds is 17. The van der Waals surface area contributed by atoms with Crippen LogP contribution >= 0.6 is 0 Å². The van der Waals surface area contributed by atoms with Crippen molar-refractivity contribution in [2.45, 2.75) is 63.9 Å². The van der Waals surface area contributed by atoms with Gasteiger partial charge in [0.2, 0.25) is 0 Å². The van der Waals surface area contributed by atoms with Gasteiger partial charge >= 0.3 is 18.3 Å². The molecule has 0 unspecified atom stereocenters. The quantitative estimate of drug-likeness (QED) is 0.0725. The lowest BCUT2D eigenvalue weighted by atomic mass is 9.92. The van der Waals surface area contributed by atoms with E-state index in [1.807, 2.05) is 18.2 Å². The molecule has 0 aliphatic heterocycles. The Morgan fingerprint density at radius 3 is 1.77 bits per heavy atom. The van der Waals surface area contributed by atoms with Crippen molar-refractivity contribution in [1.82, 2.24) is 5.32 Å². The molecule has 0 aliphatic carbocycles. The van der Waals surface area contributed by atoms with Gasteiger partial charge in [0.1, 0.15) is 23.7 Å². The zero-order chi connectivity index (χ0) is 40.3. The van der Waals surface area contributed by atoms with Crippen molar-refractivity contribution in [2.75, 3.05) is 13.7 Å². The lowest BCUT2D eigenvalue weighted by Gasteiger charge is -2.20. The van der Waals surface area contributed by atoms with E-state index in [9.17, 15) is 41.0 Å². The number of carbonyl (C=O) groups is 2. The molecular weight excluding hydrogens is 736 g/mol. The summed E-state index contributed by atoms with van der Waals surface area (Å²) in [5, 5.41) is 12.4. The summed E-state index contributed by atoms with van der Waals surface area (Å²) >= 11 is 0. The van der Waals surface area contributed by atoms with Crippen LogP contribution in [0.2, 0.25) is 0 Å². The van der Waals surface area contributed by atoms with Crippen LogP contribution in [-0.2, 0) is 25.4 Å². The molecular formula is C44H41F6NO5. The standard InChI is InChI=1S/C44H41F6NO5/c1-55-39-23-30(20-21-36(39)42(53)54)28-56-40-37(31-16-11-18-34(24-31)43(45,46)47)26-33(27-38(40)32-17-12-19-35(25-32)44(48,49)50)41(52)51-22-10-5-3-2-4-7-13-29-14-8-6-9-15-29/h6,8-9,11-12,14-21,23-27H,2-5,7,10,13,22,28H2,1H3,(H,51,52)(H,53,54). The lowest BCUT2D eigenvalue weighted by molar-refractivity contribution is -0.138. The summed E-state index contributed by atoms with van der Waals surface area (Å²) in [6.45, 7) is 0.0268. The van der Waals surface area contributed by atoms with Gasteiger partial charge < -0.3 is 19.9 Å². The van der Waals surface area contributed by atoms with Crippen molar-refractivity contribution in [3.8, 4) is 33.8 Å². The Hall–Kier alpha value is -5.78. The molecule has 56 heavy (non-hydrogen) atoms. The van der Waals surface area contributed by atoms with Crippen LogP contribution in [0.1, 0.15) is 81.5 Å². The number of carbonyl (C=O) groups excluding carboxylic acids is 1. The molecule has 0 atom stereocenters. The number of alkyl halides is 6. The molecule has 0 aliphatic rings. The van der Waals surface area contributed by atoms with E-state index in [1.54, 1.807) is 0 Å². The van der Waals surface area contributed by atoms with Crippen molar-refractivity contribution in [3.63, 3.8) is 0 Å².